The third-order valence-electron chi connectivity index (χ3n) is 3.14. The van der Waals surface area contributed by atoms with Crippen LogP contribution in [-0.2, 0) is 11.3 Å². The number of amides is 1. The predicted molar refractivity (Wildman–Crippen MR) is 70.1 cm³/mol. The lowest BCUT2D eigenvalue weighted by molar-refractivity contribution is -0.120. The summed E-state index contributed by atoms with van der Waals surface area (Å²) in [6.45, 7) is 3.18. The predicted octanol–water partition coefficient (Wildman–Crippen LogP) is 0.779. The van der Waals surface area contributed by atoms with Gasteiger partial charge in [0, 0.05) is 25.5 Å². The summed E-state index contributed by atoms with van der Waals surface area (Å²) in [4.78, 5) is 15.4. The van der Waals surface area contributed by atoms with Gasteiger partial charge in [-0.25, -0.2) is 4.98 Å². The molecule has 1 aromatic heterocycles. The molecule has 1 heterocycles. The molecule has 18 heavy (non-hydrogen) atoms. The van der Waals surface area contributed by atoms with Crippen molar-refractivity contribution in [1.29, 1.82) is 0 Å². The second kappa shape index (κ2) is 7.16. The summed E-state index contributed by atoms with van der Waals surface area (Å²) < 4.78 is 2.05. The molecule has 0 saturated heterocycles. The van der Waals surface area contributed by atoms with Crippen molar-refractivity contribution in [2.45, 2.75) is 32.2 Å². The lowest BCUT2D eigenvalue weighted by Crippen LogP contribution is -2.35. The number of hydrogen-bond donors (Lipinski definition) is 2. The number of imidazole rings is 1. The Labute approximate surface area is 108 Å². The molecule has 5 nitrogen and oxygen atoms in total. The Bertz CT molecular complexity index is 346. The zero-order valence-electron chi connectivity index (χ0n) is 10.8. The first-order chi connectivity index (χ1) is 8.84. The van der Waals surface area contributed by atoms with E-state index in [0.29, 0.717) is 6.54 Å². The first-order valence-corrected chi connectivity index (χ1v) is 6.78. The van der Waals surface area contributed by atoms with Gasteiger partial charge >= 0.3 is 0 Å². The summed E-state index contributed by atoms with van der Waals surface area (Å²) in [5.41, 5.74) is 0. The molecule has 100 valence electrons. The molecule has 0 aliphatic heterocycles. The minimum Gasteiger partial charge on any atom is -0.355 e. The fourth-order valence-electron chi connectivity index (χ4n) is 1.84. The summed E-state index contributed by atoms with van der Waals surface area (Å²) in [6, 6.07) is 0. The molecule has 1 amide bonds. The van der Waals surface area contributed by atoms with Crippen molar-refractivity contribution in [2.24, 2.45) is 5.92 Å². The molecule has 0 unspecified atom stereocenters. The number of aromatic nitrogens is 2. The molecule has 1 aliphatic carbocycles. The number of carbonyl (C=O) groups excluding carboxylic acids is 1. The van der Waals surface area contributed by atoms with Gasteiger partial charge in [0.15, 0.2) is 0 Å². The minimum atomic E-state index is 0.110. The van der Waals surface area contributed by atoms with Gasteiger partial charge in [-0.2, -0.15) is 0 Å². The van der Waals surface area contributed by atoms with Crippen LogP contribution in [-0.4, -0.2) is 35.1 Å². The topological polar surface area (TPSA) is 59.0 Å². The fraction of sp³-hybridized carbons (Fsp3) is 0.692. The van der Waals surface area contributed by atoms with Crippen molar-refractivity contribution in [3.63, 3.8) is 0 Å². The standard InChI is InChI=1S/C13H22N4O/c18-13(10-15-9-12-3-4-12)16-5-1-2-7-17-8-6-14-11-17/h6,8,11-12,15H,1-5,7,9-10H2,(H,16,18). The number of hydrogen-bond acceptors (Lipinski definition) is 3. The number of nitrogens with one attached hydrogen (secondary N) is 2. The first-order valence-electron chi connectivity index (χ1n) is 6.78. The Morgan fingerprint density at radius 2 is 2.28 bits per heavy atom. The van der Waals surface area contributed by atoms with Gasteiger partial charge in [-0.1, -0.05) is 0 Å². The van der Waals surface area contributed by atoms with E-state index < -0.39 is 0 Å². The van der Waals surface area contributed by atoms with Crippen LogP contribution in [0.15, 0.2) is 18.7 Å². The molecular weight excluding hydrogens is 228 g/mol. The molecule has 2 N–H and O–H groups in total. The van der Waals surface area contributed by atoms with Crippen molar-refractivity contribution < 1.29 is 4.79 Å². The molecule has 1 fully saturated rings. The number of nitrogens with zero attached hydrogens (tertiary/aromatic N) is 2. The van der Waals surface area contributed by atoms with Gasteiger partial charge in [0.1, 0.15) is 0 Å². The van der Waals surface area contributed by atoms with Gasteiger partial charge in [-0.05, 0) is 38.1 Å². The summed E-state index contributed by atoms with van der Waals surface area (Å²) in [6.07, 6.45) is 10.3. The average Bonchev–Trinajstić information content (AvgIpc) is 3.03. The van der Waals surface area contributed by atoms with Crippen molar-refractivity contribution >= 4 is 5.91 Å². The highest BCUT2D eigenvalue weighted by molar-refractivity contribution is 5.77. The van der Waals surface area contributed by atoms with Crippen LogP contribution in [0, 0.1) is 5.92 Å². The van der Waals surface area contributed by atoms with Crippen LogP contribution >= 0.6 is 0 Å². The number of unbranched alkanes of at least 4 members (excludes halogenated alkanes) is 1. The van der Waals surface area contributed by atoms with Crippen molar-refractivity contribution in [1.82, 2.24) is 20.2 Å². The van der Waals surface area contributed by atoms with Crippen molar-refractivity contribution in [3.05, 3.63) is 18.7 Å². The quantitative estimate of drug-likeness (QED) is 0.637. The molecule has 2 rings (SSSR count). The average molecular weight is 250 g/mol. The van der Waals surface area contributed by atoms with Crippen LogP contribution < -0.4 is 10.6 Å². The van der Waals surface area contributed by atoms with Crippen LogP contribution in [0.5, 0.6) is 0 Å². The second-order valence-electron chi connectivity index (χ2n) is 4.93. The maximum Gasteiger partial charge on any atom is 0.233 e. The largest absolute Gasteiger partial charge is 0.355 e. The van der Waals surface area contributed by atoms with Gasteiger partial charge in [0.05, 0.1) is 12.9 Å². The monoisotopic (exact) mass is 250 g/mol. The Morgan fingerprint density at radius 3 is 3.00 bits per heavy atom. The SMILES string of the molecule is O=C(CNCC1CC1)NCCCCn1ccnc1. The van der Waals surface area contributed by atoms with Gasteiger partial charge in [0.25, 0.3) is 0 Å². The first kappa shape index (κ1) is 13.1. The fourth-order valence-corrected chi connectivity index (χ4v) is 1.84. The maximum absolute atomic E-state index is 11.4. The summed E-state index contributed by atoms with van der Waals surface area (Å²) >= 11 is 0. The Morgan fingerprint density at radius 1 is 1.39 bits per heavy atom. The normalized spacial score (nSPS) is 14.7. The van der Waals surface area contributed by atoms with Crippen LogP contribution in [0.4, 0.5) is 0 Å². The molecule has 0 spiro atoms. The number of carbonyl (C=O) groups is 1. The molecule has 1 aliphatic rings. The van der Waals surface area contributed by atoms with E-state index in [0.717, 1.165) is 38.4 Å². The Balaban J connectivity index is 1.40. The van der Waals surface area contributed by atoms with Crippen LogP contribution in [0.25, 0.3) is 0 Å². The Hall–Kier alpha value is -1.36. The molecule has 0 aromatic carbocycles. The van der Waals surface area contributed by atoms with E-state index in [9.17, 15) is 4.79 Å². The molecular formula is C13H22N4O. The summed E-state index contributed by atoms with van der Waals surface area (Å²) in [5.74, 6) is 0.936. The highest BCUT2D eigenvalue weighted by atomic mass is 16.1. The zero-order valence-corrected chi connectivity index (χ0v) is 10.8. The van der Waals surface area contributed by atoms with E-state index in [1.54, 1.807) is 6.20 Å². The summed E-state index contributed by atoms with van der Waals surface area (Å²) in [5, 5.41) is 6.12. The highest BCUT2D eigenvalue weighted by Gasteiger charge is 2.20. The van der Waals surface area contributed by atoms with Gasteiger partial charge < -0.3 is 15.2 Å². The smallest absolute Gasteiger partial charge is 0.233 e. The molecule has 0 bridgehead atoms. The van der Waals surface area contributed by atoms with Crippen molar-refractivity contribution in [2.75, 3.05) is 19.6 Å². The molecule has 0 atom stereocenters. The second-order valence-corrected chi connectivity index (χ2v) is 4.93. The maximum atomic E-state index is 11.4. The van der Waals surface area contributed by atoms with E-state index in [2.05, 4.69) is 20.2 Å². The van der Waals surface area contributed by atoms with Gasteiger partial charge in [-0.15, -0.1) is 0 Å². The molecule has 5 heteroatoms. The van der Waals surface area contributed by atoms with E-state index in [-0.39, 0.29) is 5.91 Å². The molecule has 1 saturated carbocycles. The summed E-state index contributed by atoms with van der Waals surface area (Å²) in [7, 11) is 0. The van der Waals surface area contributed by atoms with Crippen LogP contribution in [0.2, 0.25) is 0 Å². The Kier molecular flexibility index (Phi) is 5.20. The number of aryl methyl sites for hydroxylation is 1. The van der Waals surface area contributed by atoms with Crippen LogP contribution in [0.3, 0.4) is 0 Å². The van der Waals surface area contributed by atoms with Crippen molar-refractivity contribution in [3.8, 4) is 0 Å². The van der Waals surface area contributed by atoms with Gasteiger partial charge in [-0.3, -0.25) is 4.79 Å². The zero-order chi connectivity index (χ0) is 12.6. The highest BCUT2D eigenvalue weighted by Crippen LogP contribution is 2.27. The minimum absolute atomic E-state index is 0.110. The lowest BCUT2D eigenvalue weighted by Gasteiger charge is -2.06. The third-order valence-corrected chi connectivity index (χ3v) is 3.14. The van der Waals surface area contributed by atoms with E-state index in [1.807, 2.05) is 12.5 Å². The van der Waals surface area contributed by atoms with Gasteiger partial charge in [0.2, 0.25) is 5.91 Å². The molecule has 1 aromatic rings. The third kappa shape index (κ3) is 5.31. The lowest BCUT2D eigenvalue weighted by atomic mass is 10.3. The van der Waals surface area contributed by atoms with E-state index in [1.165, 1.54) is 12.8 Å². The van der Waals surface area contributed by atoms with E-state index in [4.69, 9.17) is 0 Å². The van der Waals surface area contributed by atoms with E-state index >= 15 is 0 Å². The van der Waals surface area contributed by atoms with Crippen LogP contribution in [0.1, 0.15) is 25.7 Å². The molecule has 0 radical (unpaired) electrons. The number of rotatable bonds is 9.